The molecule has 12 nitrogen and oxygen atoms in total. The highest BCUT2D eigenvalue weighted by molar-refractivity contribution is 5.70. The van der Waals surface area contributed by atoms with Gasteiger partial charge in [0.25, 0.3) is 0 Å². The fourth-order valence-electron chi connectivity index (χ4n) is 10.4. The lowest BCUT2D eigenvalue weighted by atomic mass is 9.78. The van der Waals surface area contributed by atoms with Crippen LogP contribution >= 0.6 is 0 Å². The second-order valence-electron chi connectivity index (χ2n) is 17.1. The third-order valence-electron chi connectivity index (χ3n) is 13.6. The molecule has 5 aliphatic rings. The summed E-state index contributed by atoms with van der Waals surface area (Å²) in [5.74, 6) is -3.79. The van der Waals surface area contributed by atoms with Crippen molar-refractivity contribution in [3.8, 4) is 0 Å². The van der Waals surface area contributed by atoms with Crippen LogP contribution in [-0.4, -0.2) is 121 Å². The van der Waals surface area contributed by atoms with E-state index in [0.29, 0.717) is 32.5 Å². The van der Waals surface area contributed by atoms with E-state index in [9.17, 15) is 20.1 Å². The first-order valence-electron chi connectivity index (χ1n) is 19.6. The largest absolute Gasteiger partial charge is 0.481 e. The van der Waals surface area contributed by atoms with Gasteiger partial charge in [0.1, 0.15) is 0 Å². The Bertz CT molecular complexity index is 1170. The van der Waals surface area contributed by atoms with Crippen molar-refractivity contribution in [2.45, 2.75) is 172 Å². The Labute approximate surface area is 305 Å². The molecule has 1 spiro atoms. The van der Waals surface area contributed by atoms with Gasteiger partial charge in [-0.25, -0.2) is 0 Å². The molecular weight excluding hydrogens is 660 g/mol. The lowest BCUT2D eigenvalue weighted by molar-refractivity contribution is -0.343. The summed E-state index contributed by atoms with van der Waals surface area (Å²) in [5.41, 5.74) is -1.13. The highest BCUT2D eigenvalue weighted by Crippen LogP contribution is 2.55. The van der Waals surface area contributed by atoms with Gasteiger partial charge in [0.2, 0.25) is 0 Å². The van der Waals surface area contributed by atoms with Crippen LogP contribution in [0.4, 0.5) is 0 Å². The van der Waals surface area contributed by atoms with Crippen molar-refractivity contribution in [2.24, 2.45) is 35.5 Å². The van der Waals surface area contributed by atoms with Crippen molar-refractivity contribution >= 4 is 5.97 Å². The molecule has 5 heterocycles. The molecule has 51 heavy (non-hydrogen) atoms. The molecule has 5 saturated heterocycles. The van der Waals surface area contributed by atoms with Gasteiger partial charge in [-0.15, -0.1) is 0 Å². The first-order valence-corrected chi connectivity index (χ1v) is 19.6. The van der Waals surface area contributed by atoms with E-state index in [1.54, 1.807) is 14.0 Å². The lowest BCUT2D eigenvalue weighted by Crippen LogP contribution is -2.57. The number of methoxy groups -OCH3 is 2. The summed E-state index contributed by atoms with van der Waals surface area (Å²) in [6.07, 6.45) is 3.36. The number of aliphatic hydroxyl groups is 2. The normalized spacial score (nSPS) is 47.8. The molecule has 0 amide bonds. The quantitative estimate of drug-likeness (QED) is 0.208. The molecule has 5 rings (SSSR count). The Morgan fingerprint density at radius 3 is 2.33 bits per heavy atom. The summed E-state index contributed by atoms with van der Waals surface area (Å²) in [6.45, 7) is 16.9. The number of aliphatic carboxylic acids is 1. The minimum Gasteiger partial charge on any atom is -0.481 e. The molecule has 296 valence electrons. The molecule has 0 aromatic carbocycles. The highest BCUT2D eigenvalue weighted by atomic mass is 16.7. The summed E-state index contributed by atoms with van der Waals surface area (Å²) < 4.78 is 51.6. The Kier molecular flexibility index (Phi) is 13.0. The van der Waals surface area contributed by atoms with Gasteiger partial charge in [-0.05, 0) is 64.2 Å². The maximum Gasteiger partial charge on any atom is 0.308 e. The van der Waals surface area contributed by atoms with Gasteiger partial charge in [0.15, 0.2) is 11.6 Å². The fraction of sp³-hybridized carbons (Fsp3) is 0.974. The number of carboxylic acids is 1. The number of rotatable bonds is 14. The Hall–Kier alpha value is -0.930. The standard InChI is InChI=1S/C39H68O12/c1-11-37(34-23(3)19-29(47-34)31-22(2)18-24(4)39(21-40,50-31)46-17-16-44-9)13-12-30(48-37)36(8)14-15-38(51-36)20-28(41)25(5)33(49-38)26(6)32(45-10)27(7)35(42)43/h22-34,40-41H,11-21H2,1-10H3,(H,42,43). The number of ether oxygens (including phenoxy) is 8. The van der Waals surface area contributed by atoms with Gasteiger partial charge in [-0.3, -0.25) is 4.79 Å². The van der Waals surface area contributed by atoms with Gasteiger partial charge in [0.05, 0.1) is 79.7 Å². The van der Waals surface area contributed by atoms with Crippen LogP contribution in [0.2, 0.25) is 0 Å². The minimum atomic E-state index is -1.09. The summed E-state index contributed by atoms with van der Waals surface area (Å²) in [5, 5.41) is 31.5. The van der Waals surface area contributed by atoms with Gasteiger partial charge < -0.3 is 53.2 Å². The number of carboxylic acid groups (broad SMARTS) is 1. The second-order valence-corrected chi connectivity index (χ2v) is 17.1. The van der Waals surface area contributed by atoms with E-state index >= 15 is 0 Å². The molecule has 3 N–H and O–H groups in total. The number of hydrogen-bond acceptors (Lipinski definition) is 11. The van der Waals surface area contributed by atoms with Crippen LogP contribution in [0, 0.1) is 35.5 Å². The number of carbonyl (C=O) groups is 1. The van der Waals surface area contributed by atoms with Crippen molar-refractivity contribution in [1.29, 1.82) is 0 Å². The molecule has 0 bridgehead atoms. The molecule has 17 unspecified atom stereocenters. The molecule has 0 aromatic rings. The molecule has 0 saturated carbocycles. The average molecular weight is 729 g/mol. The third kappa shape index (κ3) is 7.80. The van der Waals surface area contributed by atoms with E-state index in [-0.39, 0.29) is 60.6 Å². The summed E-state index contributed by atoms with van der Waals surface area (Å²) in [7, 11) is 3.16. The molecule has 5 fully saturated rings. The molecule has 0 aliphatic carbocycles. The van der Waals surface area contributed by atoms with Gasteiger partial charge in [0, 0.05) is 44.8 Å². The number of hydrogen-bond donors (Lipinski definition) is 3. The fourth-order valence-corrected chi connectivity index (χ4v) is 10.4. The molecular formula is C39H68O12. The van der Waals surface area contributed by atoms with Crippen molar-refractivity contribution in [1.82, 2.24) is 0 Å². The van der Waals surface area contributed by atoms with Crippen LogP contribution in [0.25, 0.3) is 0 Å². The van der Waals surface area contributed by atoms with Crippen LogP contribution in [0.3, 0.4) is 0 Å². The monoisotopic (exact) mass is 728 g/mol. The molecule has 5 aliphatic heterocycles. The maximum atomic E-state index is 11.9. The van der Waals surface area contributed by atoms with Crippen molar-refractivity contribution in [3.63, 3.8) is 0 Å². The van der Waals surface area contributed by atoms with Crippen molar-refractivity contribution in [3.05, 3.63) is 0 Å². The van der Waals surface area contributed by atoms with Crippen molar-refractivity contribution in [2.75, 3.05) is 34.0 Å². The maximum absolute atomic E-state index is 11.9. The Morgan fingerprint density at radius 2 is 1.71 bits per heavy atom. The van der Waals surface area contributed by atoms with E-state index in [2.05, 4.69) is 34.6 Å². The summed E-state index contributed by atoms with van der Waals surface area (Å²) >= 11 is 0. The zero-order valence-corrected chi connectivity index (χ0v) is 32.8. The van der Waals surface area contributed by atoms with E-state index in [0.717, 1.165) is 32.1 Å². The minimum absolute atomic E-state index is 0.0160. The smallest absolute Gasteiger partial charge is 0.308 e. The zero-order valence-electron chi connectivity index (χ0n) is 32.8. The van der Waals surface area contributed by atoms with Gasteiger partial charge in [-0.1, -0.05) is 41.5 Å². The molecule has 12 heteroatoms. The van der Waals surface area contributed by atoms with Gasteiger partial charge in [-0.2, -0.15) is 0 Å². The molecule has 0 radical (unpaired) electrons. The topological polar surface area (TPSA) is 152 Å². The highest BCUT2D eigenvalue weighted by Gasteiger charge is 2.62. The van der Waals surface area contributed by atoms with Crippen LogP contribution in [-0.2, 0) is 42.7 Å². The predicted molar refractivity (Wildman–Crippen MR) is 188 cm³/mol. The van der Waals surface area contributed by atoms with Crippen molar-refractivity contribution < 1.29 is 58.0 Å². The van der Waals surface area contributed by atoms with E-state index in [1.165, 1.54) is 7.11 Å². The van der Waals surface area contributed by atoms with Gasteiger partial charge >= 0.3 is 5.97 Å². The van der Waals surface area contributed by atoms with E-state index in [4.69, 9.17) is 37.9 Å². The average Bonchev–Trinajstić information content (AvgIpc) is 3.80. The third-order valence-corrected chi connectivity index (χ3v) is 13.6. The van der Waals surface area contributed by atoms with E-state index < -0.39 is 53.0 Å². The zero-order chi connectivity index (χ0) is 37.5. The molecule has 17 atom stereocenters. The Balaban J connectivity index is 1.28. The number of aliphatic hydroxyl groups excluding tert-OH is 2. The second kappa shape index (κ2) is 16.0. The first kappa shape index (κ1) is 41.2. The van der Waals surface area contributed by atoms with Crippen LogP contribution < -0.4 is 0 Å². The first-order chi connectivity index (χ1) is 24.0. The van der Waals surface area contributed by atoms with E-state index in [1.807, 2.05) is 13.8 Å². The lowest BCUT2D eigenvalue weighted by Gasteiger charge is -2.49. The van der Waals surface area contributed by atoms with Crippen LogP contribution in [0.1, 0.15) is 107 Å². The summed E-state index contributed by atoms with van der Waals surface area (Å²) in [6, 6.07) is 0. The predicted octanol–water partition coefficient (Wildman–Crippen LogP) is 4.94. The van der Waals surface area contributed by atoms with Crippen LogP contribution in [0.15, 0.2) is 0 Å². The Morgan fingerprint density at radius 1 is 0.980 bits per heavy atom. The van der Waals surface area contributed by atoms with Crippen LogP contribution in [0.5, 0.6) is 0 Å². The molecule has 0 aromatic heterocycles. The SMILES string of the molecule is CCC1(C2OC(C3OC(CO)(OCCOC)C(C)CC3C)CC2C)CCC(C2(C)CCC3(CC(O)C(C)C(C(C)C(OC)C(C)C(=O)O)O3)O2)O1. The summed E-state index contributed by atoms with van der Waals surface area (Å²) in [4.78, 5) is 11.9.